The fourth-order valence-corrected chi connectivity index (χ4v) is 3.39. The first kappa shape index (κ1) is 17.0. The maximum absolute atomic E-state index is 12.3. The third-order valence-corrected chi connectivity index (χ3v) is 4.75. The molecule has 2 aromatic heterocycles. The topological polar surface area (TPSA) is 102 Å². The van der Waals surface area contributed by atoms with Gasteiger partial charge in [0.25, 0.3) is 5.56 Å². The molecule has 1 aliphatic rings. The molecule has 0 amide bonds. The number of rotatable bonds is 2. The summed E-state index contributed by atoms with van der Waals surface area (Å²) in [5, 5.41) is 18.1. The quantitative estimate of drug-likeness (QED) is 0.775. The van der Waals surface area contributed by atoms with E-state index in [0.717, 1.165) is 16.2 Å². The highest BCUT2D eigenvalue weighted by Gasteiger charge is 2.32. The number of aromatic nitrogens is 5. The Labute approximate surface area is 144 Å². The van der Waals surface area contributed by atoms with Crippen LogP contribution >= 0.6 is 0 Å². The summed E-state index contributed by atoms with van der Waals surface area (Å²) in [5.74, 6) is 2.28. The van der Waals surface area contributed by atoms with Crippen LogP contribution in [0.4, 0.5) is 5.82 Å². The second-order valence-corrected chi connectivity index (χ2v) is 6.61. The first-order valence-corrected chi connectivity index (χ1v) is 8.19. The van der Waals surface area contributed by atoms with Gasteiger partial charge in [-0.1, -0.05) is 13.8 Å². The van der Waals surface area contributed by atoms with Gasteiger partial charge in [0.1, 0.15) is 17.7 Å². The van der Waals surface area contributed by atoms with Crippen LogP contribution in [-0.4, -0.2) is 30.4 Å². The fraction of sp³-hybridized carbons (Fsp3) is 0.562. The van der Waals surface area contributed by atoms with Gasteiger partial charge in [0.2, 0.25) is 0 Å². The van der Waals surface area contributed by atoms with Gasteiger partial charge in [0.15, 0.2) is 11.4 Å². The van der Waals surface area contributed by atoms with Crippen LogP contribution in [0.5, 0.6) is 0 Å². The van der Waals surface area contributed by atoms with E-state index in [0.29, 0.717) is 18.9 Å². The van der Waals surface area contributed by atoms with E-state index in [1.807, 2.05) is 17.9 Å². The molecule has 132 valence electrons. The van der Waals surface area contributed by atoms with Crippen molar-refractivity contribution in [2.24, 2.45) is 14.1 Å². The molecule has 0 saturated carbocycles. The van der Waals surface area contributed by atoms with Crippen molar-refractivity contribution in [3.05, 3.63) is 38.1 Å². The molecule has 0 N–H and O–H groups in total. The summed E-state index contributed by atoms with van der Waals surface area (Å²) in [6.07, 6.45) is 0. The predicted octanol–water partition coefficient (Wildman–Crippen LogP) is 0.252. The molecule has 1 unspecified atom stereocenters. The zero-order valence-corrected chi connectivity index (χ0v) is 15.0. The lowest BCUT2D eigenvalue weighted by molar-refractivity contribution is 0.468. The van der Waals surface area contributed by atoms with E-state index in [4.69, 9.17) is 0 Å². The number of hydrogen-bond donors (Lipinski definition) is 0. The van der Waals surface area contributed by atoms with E-state index >= 15 is 0 Å². The molecule has 1 aliphatic heterocycles. The molecule has 2 aromatic rings. The van der Waals surface area contributed by atoms with Crippen molar-refractivity contribution in [1.29, 1.82) is 5.26 Å². The number of fused-ring (bicyclic) bond motifs is 1. The second-order valence-electron chi connectivity index (χ2n) is 6.61. The summed E-state index contributed by atoms with van der Waals surface area (Å²) >= 11 is 0. The molecule has 1 atom stereocenters. The summed E-state index contributed by atoms with van der Waals surface area (Å²) in [4.78, 5) is 26.6. The van der Waals surface area contributed by atoms with E-state index in [1.165, 1.54) is 11.6 Å². The van der Waals surface area contributed by atoms with Crippen LogP contribution in [0, 0.1) is 11.3 Å². The van der Waals surface area contributed by atoms with E-state index in [2.05, 4.69) is 28.6 Å². The van der Waals surface area contributed by atoms with Gasteiger partial charge in [-0.2, -0.15) is 5.26 Å². The average Bonchev–Trinajstić information content (AvgIpc) is 3.02. The molecule has 0 radical (unpaired) electrons. The predicted molar refractivity (Wildman–Crippen MR) is 91.5 cm³/mol. The van der Waals surface area contributed by atoms with Crippen LogP contribution in [-0.2, 0) is 20.6 Å². The third-order valence-electron chi connectivity index (χ3n) is 4.75. The molecular weight excluding hydrogens is 322 g/mol. The maximum atomic E-state index is 12.3. The third kappa shape index (κ3) is 2.36. The number of anilines is 1. The molecule has 0 bridgehead atoms. The first-order valence-electron chi connectivity index (χ1n) is 8.19. The van der Waals surface area contributed by atoms with Gasteiger partial charge in [-0.3, -0.25) is 13.9 Å². The van der Waals surface area contributed by atoms with Crippen molar-refractivity contribution in [3.63, 3.8) is 0 Å². The summed E-state index contributed by atoms with van der Waals surface area (Å²) < 4.78 is 4.39. The minimum absolute atomic E-state index is 0.0338. The van der Waals surface area contributed by atoms with Crippen LogP contribution < -0.4 is 16.1 Å². The Morgan fingerprint density at radius 2 is 1.84 bits per heavy atom. The molecule has 0 aliphatic carbocycles. The van der Waals surface area contributed by atoms with Gasteiger partial charge in [-0.25, -0.2) is 4.79 Å². The molecule has 0 saturated heterocycles. The number of nitrogens with zero attached hydrogens (tertiary/aromatic N) is 7. The molecule has 3 rings (SSSR count). The van der Waals surface area contributed by atoms with E-state index in [9.17, 15) is 14.9 Å². The highest BCUT2D eigenvalue weighted by atomic mass is 16.2. The molecule has 9 nitrogen and oxygen atoms in total. The van der Waals surface area contributed by atoms with Gasteiger partial charge in [0, 0.05) is 33.1 Å². The summed E-state index contributed by atoms with van der Waals surface area (Å²) in [7, 11) is 2.95. The van der Waals surface area contributed by atoms with Crippen LogP contribution in [0.2, 0.25) is 0 Å². The number of nitriles is 1. The Morgan fingerprint density at radius 1 is 1.16 bits per heavy atom. The standard InChI is InChI=1S/C16H21N7O2/c1-9(2)12-18-19-13-10(3)22(6-7-23(12)13)14-11(8-17)15(24)21(5)16(25)20(14)4/h9-10H,6-7H2,1-5H3. The Kier molecular flexibility index (Phi) is 3.99. The van der Waals surface area contributed by atoms with Gasteiger partial charge >= 0.3 is 5.69 Å². The van der Waals surface area contributed by atoms with Crippen molar-refractivity contribution >= 4 is 5.82 Å². The van der Waals surface area contributed by atoms with Crippen LogP contribution in [0.25, 0.3) is 0 Å². The lowest BCUT2D eigenvalue weighted by atomic mass is 10.1. The van der Waals surface area contributed by atoms with Crippen LogP contribution in [0.1, 0.15) is 49.9 Å². The zero-order chi connectivity index (χ0) is 18.5. The highest BCUT2D eigenvalue weighted by Crippen LogP contribution is 2.31. The van der Waals surface area contributed by atoms with Crippen molar-refractivity contribution in [2.75, 3.05) is 11.4 Å². The first-order chi connectivity index (χ1) is 11.8. The Hall–Kier alpha value is -2.89. The average molecular weight is 343 g/mol. The molecular formula is C16H21N7O2. The normalized spacial score (nSPS) is 16.8. The van der Waals surface area contributed by atoms with E-state index in [-0.39, 0.29) is 17.5 Å². The Morgan fingerprint density at radius 3 is 2.44 bits per heavy atom. The van der Waals surface area contributed by atoms with Gasteiger partial charge in [-0.15, -0.1) is 10.2 Å². The molecule has 0 fully saturated rings. The molecule has 25 heavy (non-hydrogen) atoms. The smallest absolute Gasteiger partial charge is 0.332 e. The van der Waals surface area contributed by atoms with Crippen molar-refractivity contribution < 1.29 is 0 Å². The largest absolute Gasteiger partial charge is 0.345 e. The summed E-state index contributed by atoms with van der Waals surface area (Å²) in [6, 6.07) is 1.75. The number of hydrogen-bond acceptors (Lipinski definition) is 6. The van der Waals surface area contributed by atoms with Crippen molar-refractivity contribution in [2.45, 2.75) is 39.3 Å². The maximum Gasteiger partial charge on any atom is 0.332 e. The molecule has 0 spiro atoms. The van der Waals surface area contributed by atoms with Gasteiger partial charge < -0.3 is 9.47 Å². The van der Waals surface area contributed by atoms with Crippen LogP contribution in [0.3, 0.4) is 0 Å². The minimum atomic E-state index is -0.581. The van der Waals surface area contributed by atoms with Crippen molar-refractivity contribution in [3.8, 4) is 6.07 Å². The van der Waals surface area contributed by atoms with Crippen LogP contribution in [0.15, 0.2) is 9.59 Å². The highest BCUT2D eigenvalue weighted by molar-refractivity contribution is 5.55. The fourth-order valence-electron chi connectivity index (χ4n) is 3.39. The van der Waals surface area contributed by atoms with E-state index < -0.39 is 11.2 Å². The monoisotopic (exact) mass is 343 g/mol. The lowest BCUT2D eigenvalue weighted by Gasteiger charge is -2.36. The van der Waals surface area contributed by atoms with E-state index in [1.54, 1.807) is 7.05 Å². The summed E-state index contributed by atoms with van der Waals surface area (Å²) in [5.41, 5.74) is -1.07. The SMILES string of the molecule is CC(C)c1nnc2n1CCN(c1c(C#N)c(=O)n(C)c(=O)n1C)C2C. The zero-order valence-electron chi connectivity index (χ0n) is 15.0. The summed E-state index contributed by atoms with van der Waals surface area (Å²) in [6.45, 7) is 7.25. The van der Waals surface area contributed by atoms with Gasteiger partial charge in [-0.05, 0) is 6.92 Å². The minimum Gasteiger partial charge on any atom is -0.345 e. The molecule has 3 heterocycles. The Bertz CT molecular complexity index is 990. The molecule has 0 aromatic carbocycles. The Balaban J connectivity index is 2.18. The second kappa shape index (κ2) is 5.88. The lowest BCUT2D eigenvalue weighted by Crippen LogP contribution is -2.46. The molecule has 9 heteroatoms. The van der Waals surface area contributed by atoms with Gasteiger partial charge in [0.05, 0.1) is 6.04 Å². The van der Waals surface area contributed by atoms with Crippen molar-refractivity contribution in [1.82, 2.24) is 23.9 Å².